The fraction of sp³-hybridized carbons (Fsp3) is 0.941. The van der Waals surface area contributed by atoms with Gasteiger partial charge in [0.25, 0.3) is 0 Å². The molecule has 0 fully saturated rings. The van der Waals surface area contributed by atoms with Gasteiger partial charge in [0.05, 0.1) is 46.1 Å². The minimum atomic E-state index is -1.21. The Morgan fingerprint density at radius 2 is 0.852 bits per heavy atom. The second-order valence-corrected chi connectivity index (χ2v) is 7.43. The molecule has 0 saturated carbocycles. The van der Waals surface area contributed by atoms with Gasteiger partial charge in [0.2, 0.25) is 0 Å². The molecule has 0 radical (unpaired) electrons. The van der Waals surface area contributed by atoms with Crippen LogP contribution in [0.15, 0.2) is 0 Å². The number of aliphatic hydroxyl groups is 8. The quantitative estimate of drug-likeness (QED) is 0.101. The summed E-state index contributed by atoms with van der Waals surface area (Å²) in [7, 11) is 0. The Hall–Kier alpha value is -0.850. The van der Waals surface area contributed by atoms with Crippen LogP contribution in [0, 0.1) is 16.2 Å². The van der Waals surface area contributed by atoms with E-state index in [1.54, 1.807) is 0 Å². The topological polar surface area (TPSA) is 188 Å². The summed E-state index contributed by atoms with van der Waals surface area (Å²) in [6.07, 6.45) is 0.0522. The van der Waals surface area contributed by atoms with Crippen LogP contribution in [0.4, 0.5) is 0 Å². The van der Waals surface area contributed by atoms with Crippen molar-refractivity contribution < 1.29 is 50.4 Å². The summed E-state index contributed by atoms with van der Waals surface area (Å²) in [5, 5.41) is 75.6. The van der Waals surface area contributed by atoms with Crippen LogP contribution in [0.1, 0.15) is 32.1 Å². The highest BCUT2D eigenvalue weighted by Gasteiger charge is 2.40. The van der Waals surface area contributed by atoms with Crippen LogP contribution in [-0.4, -0.2) is 99.9 Å². The van der Waals surface area contributed by atoms with Gasteiger partial charge in [-0.05, 0) is 25.7 Å². The lowest BCUT2D eigenvalue weighted by Gasteiger charge is -2.38. The Morgan fingerprint density at radius 3 is 1.11 bits per heavy atom. The maximum absolute atomic E-state index is 11.9. The fourth-order valence-electron chi connectivity index (χ4n) is 2.78. The minimum absolute atomic E-state index is 0.0772. The number of aliphatic hydroxyl groups excluding tert-OH is 8. The molecule has 0 aliphatic heterocycles. The highest BCUT2D eigenvalue weighted by Crippen LogP contribution is 2.40. The summed E-state index contributed by atoms with van der Waals surface area (Å²) in [6.45, 7) is -4.35. The summed E-state index contributed by atoms with van der Waals surface area (Å²) < 4.78 is 4.53. The van der Waals surface area contributed by atoms with Crippen molar-refractivity contribution in [1.82, 2.24) is 0 Å². The molecule has 0 bridgehead atoms. The highest BCUT2D eigenvalue weighted by atomic mass is 16.6. The molecule has 8 N–H and O–H groups in total. The molecule has 0 saturated heterocycles. The molecule has 0 amide bonds. The lowest BCUT2D eigenvalue weighted by molar-refractivity contribution is -0.156. The molecule has 0 aliphatic carbocycles. The second-order valence-electron chi connectivity index (χ2n) is 7.43. The van der Waals surface area contributed by atoms with Crippen LogP contribution >= 0.6 is 0 Å². The first kappa shape index (κ1) is 26.1. The molecular formula is C17H34O10. The van der Waals surface area contributed by atoms with Gasteiger partial charge in [0.15, 0.2) is 6.79 Å². The molecule has 0 aromatic heterocycles. The SMILES string of the molecule is O=C(CC(CO)(CCC(CO)(CO)CO)CCC(CO)(CO)CO)OCO. The zero-order valence-electron chi connectivity index (χ0n) is 15.6. The van der Waals surface area contributed by atoms with Crippen LogP contribution in [0.2, 0.25) is 0 Å². The van der Waals surface area contributed by atoms with Crippen molar-refractivity contribution in [3.05, 3.63) is 0 Å². The van der Waals surface area contributed by atoms with Crippen molar-refractivity contribution in [2.24, 2.45) is 16.2 Å². The Kier molecular flexibility index (Phi) is 12.2. The smallest absolute Gasteiger partial charge is 0.308 e. The molecule has 0 atom stereocenters. The maximum atomic E-state index is 11.9. The summed E-state index contributed by atoms with van der Waals surface area (Å²) >= 11 is 0. The van der Waals surface area contributed by atoms with Crippen molar-refractivity contribution in [2.45, 2.75) is 32.1 Å². The van der Waals surface area contributed by atoms with E-state index in [4.69, 9.17) is 5.11 Å². The summed E-state index contributed by atoms with van der Waals surface area (Å²) in [5.41, 5.74) is -3.53. The molecular weight excluding hydrogens is 364 g/mol. The Bertz CT molecular complexity index is 366. The first-order chi connectivity index (χ1) is 12.8. The first-order valence-corrected chi connectivity index (χ1v) is 8.82. The molecule has 0 aromatic carbocycles. The molecule has 0 heterocycles. The highest BCUT2D eigenvalue weighted by molar-refractivity contribution is 5.70. The van der Waals surface area contributed by atoms with Gasteiger partial charge in [0, 0.05) is 22.9 Å². The third-order valence-corrected chi connectivity index (χ3v) is 5.46. The minimum Gasteiger partial charge on any atom is -0.439 e. The van der Waals surface area contributed by atoms with Gasteiger partial charge < -0.3 is 45.6 Å². The molecule has 10 heteroatoms. The van der Waals surface area contributed by atoms with E-state index in [1.807, 2.05) is 0 Å². The molecule has 27 heavy (non-hydrogen) atoms. The van der Waals surface area contributed by atoms with Crippen molar-refractivity contribution in [2.75, 3.05) is 53.0 Å². The zero-order chi connectivity index (χ0) is 21.0. The Morgan fingerprint density at radius 1 is 0.556 bits per heavy atom. The molecule has 0 unspecified atom stereocenters. The van der Waals surface area contributed by atoms with Crippen LogP contribution < -0.4 is 0 Å². The van der Waals surface area contributed by atoms with E-state index in [9.17, 15) is 40.5 Å². The number of carbonyl (C=O) groups excluding carboxylic acids is 1. The molecule has 0 aliphatic rings. The average molecular weight is 398 g/mol. The maximum Gasteiger partial charge on any atom is 0.308 e. The van der Waals surface area contributed by atoms with Crippen LogP contribution in [0.25, 0.3) is 0 Å². The third-order valence-electron chi connectivity index (χ3n) is 5.46. The van der Waals surface area contributed by atoms with Gasteiger partial charge in [-0.3, -0.25) is 4.79 Å². The summed E-state index contributed by atoms with van der Waals surface area (Å²) in [6, 6.07) is 0. The van der Waals surface area contributed by atoms with Gasteiger partial charge in [-0.2, -0.15) is 0 Å². The van der Waals surface area contributed by atoms with Gasteiger partial charge in [-0.25, -0.2) is 0 Å². The summed E-state index contributed by atoms with van der Waals surface area (Å²) in [4.78, 5) is 11.9. The second kappa shape index (κ2) is 12.6. The van der Waals surface area contributed by atoms with E-state index in [1.165, 1.54) is 0 Å². The molecule has 10 nitrogen and oxygen atoms in total. The van der Waals surface area contributed by atoms with Crippen LogP contribution in [-0.2, 0) is 9.53 Å². The van der Waals surface area contributed by atoms with E-state index >= 15 is 0 Å². The largest absolute Gasteiger partial charge is 0.439 e. The number of esters is 1. The van der Waals surface area contributed by atoms with E-state index in [0.717, 1.165) is 0 Å². The van der Waals surface area contributed by atoms with Gasteiger partial charge in [0.1, 0.15) is 0 Å². The number of hydrogen-bond donors (Lipinski definition) is 8. The van der Waals surface area contributed by atoms with E-state index in [-0.39, 0.29) is 32.1 Å². The molecule has 0 rings (SSSR count). The monoisotopic (exact) mass is 398 g/mol. The van der Waals surface area contributed by atoms with Crippen molar-refractivity contribution in [3.8, 4) is 0 Å². The van der Waals surface area contributed by atoms with Crippen LogP contribution in [0.5, 0.6) is 0 Å². The van der Waals surface area contributed by atoms with Crippen molar-refractivity contribution in [3.63, 3.8) is 0 Å². The zero-order valence-corrected chi connectivity index (χ0v) is 15.6. The fourth-order valence-corrected chi connectivity index (χ4v) is 2.78. The average Bonchev–Trinajstić information content (AvgIpc) is 2.70. The number of ether oxygens (including phenoxy) is 1. The number of carbonyl (C=O) groups is 1. The van der Waals surface area contributed by atoms with Crippen molar-refractivity contribution >= 4 is 5.97 Å². The van der Waals surface area contributed by atoms with Gasteiger partial charge in [-0.15, -0.1) is 0 Å². The first-order valence-electron chi connectivity index (χ1n) is 8.82. The van der Waals surface area contributed by atoms with E-state index in [2.05, 4.69) is 4.74 Å². The van der Waals surface area contributed by atoms with Crippen LogP contribution in [0.3, 0.4) is 0 Å². The van der Waals surface area contributed by atoms with Gasteiger partial charge >= 0.3 is 5.97 Å². The molecule has 162 valence electrons. The predicted molar refractivity (Wildman–Crippen MR) is 93.2 cm³/mol. The number of rotatable bonds is 16. The number of hydrogen-bond acceptors (Lipinski definition) is 10. The molecule has 0 aromatic rings. The Labute approximate surface area is 158 Å². The molecule has 0 spiro atoms. The van der Waals surface area contributed by atoms with Gasteiger partial charge in [-0.1, -0.05) is 0 Å². The lowest BCUT2D eigenvalue weighted by Crippen LogP contribution is -2.40. The normalized spacial score (nSPS) is 13.0. The van der Waals surface area contributed by atoms with E-state index in [0.29, 0.717) is 0 Å². The summed E-state index contributed by atoms with van der Waals surface area (Å²) in [5.74, 6) is -0.781. The Balaban J connectivity index is 5.48. The van der Waals surface area contributed by atoms with Crippen molar-refractivity contribution in [1.29, 1.82) is 0 Å². The third kappa shape index (κ3) is 7.59. The van der Waals surface area contributed by atoms with E-state index < -0.39 is 75.3 Å². The predicted octanol–water partition coefficient (Wildman–Crippen LogP) is -2.66. The lowest BCUT2D eigenvalue weighted by atomic mass is 9.69. The standard InChI is InChI=1S/C17H34O10/c18-6-15(5-14(26)27-13-25,1-3-16(7-19,8-20)9-21)2-4-17(10-22,11-23)12-24/h18-25H,1-13H2.